The van der Waals surface area contributed by atoms with Crippen molar-refractivity contribution in [1.82, 2.24) is 5.32 Å². The molecule has 1 heterocycles. The predicted molar refractivity (Wildman–Crippen MR) is 40.0 cm³/mol. The summed E-state index contributed by atoms with van der Waals surface area (Å²) in [5, 5.41) is 12.0. The van der Waals surface area contributed by atoms with Crippen molar-refractivity contribution in [3.63, 3.8) is 0 Å². The van der Waals surface area contributed by atoms with Crippen molar-refractivity contribution in [2.24, 2.45) is 5.73 Å². The third kappa shape index (κ3) is 1.59. The van der Waals surface area contributed by atoms with Gasteiger partial charge in [0, 0.05) is 0 Å². The van der Waals surface area contributed by atoms with Crippen LogP contribution in [0.15, 0.2) is 23.9 Å². The van der Waals surface area contributed by atoms with Crippen LogP contribution in [0.2, 0.25) is 0 Å². The zero-order valence-electron chi connectivity index (χ0n) is 5.91. The number of hydrogen-bond acceptors (Lipinski definition) is 3. The Morgan fingerprint density at radius 3 is 2.90 bits per heavy atom. The Morgan fingerprint density at radius 2 is 2.50 bits per heavy atom. The Kier molecular flexibility index (Phi) is 2.09. The molecule has 0 aromatic heterocycles. The minimum Gasteiger partial charge on any atom is -0.389 e. The first kappa shape index (κ1) is 7.31. The number of nitrogens with one attached hydrogen (secondary N) is 1. The molecule has 1 aliphatic rings. The minimum absolute atomic E-state index is 0.158. The van der Waals surface area contributed by atoms with E-state index in [0.29, 0.717) is 0 Å². The van der Waals surface area contributed by atoms with E-state index in [4.69, 9.17) is 10.8 Å². The molecule has 0 aromatic rings. The summed E-state index contributed by atoms with van der Waals surface area (Å²) in [5.74, 6) is 0. The lowest BCUT2D eigenvalue weighted by atomic mass is 10.1. The van der Waals surface area contributed by atoms with Crippen LogP contribution < -0.4 is 11.1 Å². The monoisotopic (exact) mass is 140 g/mol. The van der Waals surface area contributed by atoms with Crippen LogP contribution in [0.4, 0.5) is 0 Å². The first-order chi connectivity index (χ1) is 4.70. The Hall–Kier alpha value is -0.800. The van der Waals surface area contributed by atoms with Gasteiger partial charge in [0.05, 0.1) is 12.3 Å². The number of dihydropyridines is 1. The molecule has 0 radical (unpaired) electrons. The van der Waals surface area contributed by atoms with Crippen LogP contribution in [-0.4, -0.2) is 17.4 Å². The molecule has 0 amide bonds. The summed E-state index contributed by atoms with van der Waals surface area (Å²) >= 11 is 0. The molecule has 56 valence electrons. The third-order valence-electron chi connectivity index (χ3n) is 1.42. The first-order valence-electron chi connectivity index (χ1n) is 3.28. The van der Waals surface area contributed by atoms with Crippen LogP contribution in [0.25, 0.3) is 0 Å². The van der Waals surface area contributed by atoms with Crippen molar-refractivity contribution in [2.45, 2.75) is 19.2 Å². The fraction of sp³-hybridized carbons (Fsp3) is 0.429. The van der Waals surface area contributed by atoms with Gasteiger partial charge in [-0.2, -0.15) is 0 Å². The zero-order chi connectivity index (χ0) is 7.56. The van der Waals surface area contributed by atoms with E-state index in [1.54, 1.807) is 19.2 Å². The number of nitrogens with two attached hydrogens (primary N) is 1. The van der Waals surface area contributed by atoms with Crippen molar-refractivity contribution in [3.05, 3.63) is 23.9 Å². The highest BCUT2D eigenvalue weighted by molar-refractivity contribution is 5.26. The van der Waals surface area contributed by atoms with Crippen molar-refractivity contribution in [3.8, 4) is 0 Å². The second-order valence-corrected chi connectivity index (χ2v) is 2.37. The molecule has 4 N–H and O–H groups in total. The van der Waals surface area contributed by atoms with Gasteiger partial charge in [0.15, 0.2) is 0 Å². The van der Waals surface area contributed by atoms with Gasteiger partial charge in [0.25, 0.3) is 0 Å². The standard InChI is InChI=1S/C7H12N2O/c1-5(10)6-2-3-9-7(8)4-6/h2-5,7,9-10H,8H2,1H3/t5-,7?/m1/s1. The second-order valence-electron chi connectivity index (χ2n) is 2.37. The van der Waals surface area contributed by atoms with Gasteiger partial charge >= 0.3 is 0 Å². The van der Waals surface area contributed by atoms with E-state index >= 15 is 0 Å². The lowest BCUT2D eigenvalue weighted by Crippen LogP contribution is -2.34. The van der Waals surface area contributed by atoms with Crippen molar-refractivity contribution in [2.75, 3.05) is 0 Å². The van der Waals surface area contributed by atoms with Crippen LogP contribution in [-0.2, 0) is 0 Å². The van der Waals surface area contributed by atoms with E-state index in [1.807, 2.05) is 6.08 Å². The average molecular weight is 140 g/mol. The maximum atomic E-state index is 9.09. The summed E-state index contributed by atoms with van der Waals surface area (Å²) in [7, 11) is 0. The lowest BCUT2D eigenvalue weighted by molar-refractivity contribution is 0.234. The van der Waals surface area contributed by atoms with Crippen LogP contribution in [0, 0.1) is 0 Å². The molecule has 10 heavy (non-hydrogen) atoms. The smallest absolute Gasteiger partial charge is 0.0937 e. The number of rotatable bonds is 1. The lowest BCUT2D eigenvalue weighted by Gasteiger charge is -2.15. The number of hydrogen-bond donors (Lipinski definition) is 3. The maximum absolute atomic E-state index is 9.09. The van der Waals surface area contributed by atoms with Crippen molar-refractivity contribution >= 4 is 0 Å². The van der Waals surface area contributed by atoms with E-state index in [0.717, 1.165) is 5.57 Å². The molecule has 0 spiro atoms. The molecular formula is C7H12N2O. The fourth-order valence-corrected chi connectivity index (χ4v) is 0.845. The van der Waals surface area contributed by atoms with Gasteiger partial charge in [0.1, 0.15) is 0 Å². The quantitative estimate of drug-likeness (QED) is 0.468. The minimum atomic E-state index is -0.426. The Balaban J connectivity index is 2.66. The molecule has 1 rings (SSSR count). The molecule has 0 saturated carbocycles. The van der Waals surface area contributed by atoms with Gasteiger partial charge in [-0.15, -0.1) is 0 Å². The van der Waals surface area contributed by atoms with E-state index in [2.05, 4.69) is 5.32 Å². The van der Waals surface area contributed by atoms with Gasteiger partial charge in [-0.1, -0.05) is 0 Å². The normalized spacial score (nSPS) is 27.1. The van der Waals surface area contributed by atoms with Crippen LogP contribution >= 0.6 is 0 Å². The molecular weight excluding hydrogens is 128 g/mol. The van der Waals surface area contributed by atoms with E-state index in [-0.39, 0.29) is 6.17 Å². The van der Waals surface area contributed by atoms with Gasteiger partial charge in [-0.05, 0) is 30.8 Å². The average Bonchev–Trinajstić information content (AvgIpc) is 1.88. The SMILES string of the molecule is C[C@@H](O)C1=CC(N)NC=C1. The summed E-state index contributed by atoms with van der Waals surface area (Å²) < 4.78 is 0. The van der Waals surface area contributed by atoms with Crippen LogP contribution in [0.3, 0.4) is 0 Å². The Morgan fingerprint density at radius 1 is 1.80 bits per heavy atom. The first-order valence-corrected chi connectivity index (χ1v) is 3.28. The van der Waals surface area contributed by atoms with Crippen molar-refractivity contribution < 1.29 is 5.11 Å². The summed E-state index contributed by atoms with van der Waals surface area (Å²) in [5.41, 5.74) is 6.38. The topological polar surface area (TPSA) is 58.3 Å². The summed E-state index contributed by atoms with van der Waals surface area (Å²) in [4.78, 5) is 0. The van der Waals surface area contributed by atoms with Crippen LogP contribution in [0.5, 0.6) is 0 Å². The van der Waals surface area contributed by atoms with E-state index < -0.39 is 6.10 Å². The summed E-state index contributed by atoms with van der Waals surface area (Å²) in [6.07, 6.45) is 4.77. The Labute approximate surface area is 60.2 Å². The van der Waals surface area contributed by atoms with Crippen LogP contribution in [0.1, 0.15) is 6.92 Å². The fourth-order valence-electron chi connectivity index (χ4n) is 0.845. The third-order valence-corrected chi connectivity index (χ3v) is 1.42. The highest BCUT2D eigenvalue weighted by Gasteiger charge is 2.06. The number of aliphatic hydroxyl groups excluding tert-OH is 1. The molecule has 1 aliphatic heterocycles. The molecule has 0 bridgehead atoms. The predicted octanol–water partition coefficient (Wildman–Crippen LogP) is -0.305. The molecule has 3 heteroatoms. The van der Waals surface area contributed by atoms with Gasteiger partial charge < -0.3 is 16.2 Å². The molecule has 1 unspecified atom stereocenters. The maximum Gasteiger partial charge on any atom is 0.0937 e. The second kappa shape index (κ2) is 2.86. The highest BCUT2D eigenvalue weighted by Crippen LogP contribution is 2.06. The number of aliphatic hydroxyl groups is 1. The van der Waals surface area contributed by atoms with E-state index in [9.17, 15) is 0 Å². The molecule has 0 saturated heterocycles. The summed E-state index contributed by atoms with van der Waals surface area (Å²) in [6.45, 7) is 1.72. The largest absolute Gasteiger partial charge is 0.389 e. The zero-order valence-corrected chi connectivity index (χ0v) is 5.91. The molecule has 0 fully saturated rings. The molecule has 0 aromatic carbocycles. The summed E-state index contributed by atoms with van der Waals surface area (Å²) in [6, 6.07) is 0. The molecule has 2 atom stereocenters. The molecule has 0 aliphatic carbocycles. The van der Waals surface area contributed by atoms with E-state index in [1.165, 1.54) is 0 Å². The van der Waals surface area contributed by atoms with Gasteiger partial charge in [-0.3, -0.25) is 0 Å². The van der Waals surface area contributed by atoms with Gasteiger partial charge in [0.2, 0.25) is 0 Å². The van der Waals surface area contributed by atoms with Gasteiger partial charge in [-0.25, -0.2) is 0 Å². The highest BCUT2D eigenvalue weighted by atomic mass is 16.3. The van der Waals surface area contributed by atoms with Crippen molar-refractivity contribution in [1.29, 1.82) is 0 Å². The Bertz CT molecular complexity index is 172. The molecule has 3 nitrogen and oxygen atoms in total.